The van der Waals surface area contributed by atoms with Gasteiger partial charge in [0.15, 0.2) is 0 Å². The summed E-state index contributed by atoms with van der Waals surface area (Å²) >= 11 is 1.93. The maximum atomic E-state index is 5.52. The predicted molar refractivity (Wildman–Crippen MR) is 113 cm³/mol. The van der Waals surface area contributed by atoms with Crippen molar-refractivity contribution in [3.63, 3.8) is 0 Å². The number of rotatable bonds is 4. The molecule has 1 atom stereocenters. The number of fused-ring (bicyclic) bond motifs is 3. The average molecular weight is 393 g/mol. The van der Waals surface area contributed by atoms with Gasteiger partial charge in [-0.25, -0.2) is 0 Å². The third-order valence-corrected chi connectivity index (χ3v) is 6.87. The van der Waals surface area contributed by atoms with Crippen molar-refractivity contribution in [1.82, 2.24) is 9.47 Å². The molecule has 28 heavy (non-hydrogen) atoms. The summed E-state index contributed by atoms with van der Waals surface area (Å²) in [5, 5.41) is 0.277. The number of nitrogens with zero attached hydrogens (tertiary/aromatic N) is 2. The fourth-order valence-electron chi connectivity index (χ4n) is 4.05. The quantitative estimate of drug-likeness (QED) is 0.653. The second-order valence-electron chi connectivity index (χ2n) is 7.21. The minimum atomic E-state index is 0.277. The predicted octanol–water partition coefficient (Wildman–Crippen LogP) is 4.51. The SMILES string of the molecule is COc1ccc([C@H]2Sc3ccccc3-n3c(CN4CCOCC4)ccc32)cc1. The zero-order valence-corrected chi connectivity index (χ0v) is 16.8. The maximum absolute atomic E-state index is 5.52. The van der Waals surface area contributed by atoms with E-state index in [0.29, 0.717) is 0 Å². The van der Waals surface area contributed by atoms with Crippen LogP contribution in [0.5, 0.6) is 5.75 Å². The molecule has 2 aliphatic heterocycles. The molecule has 0 spiro atoms. The molecule has 3 heterocycles. The van der Waals surface area contributed by atoms with E-state index in [2.05, 4.69) is 70.1 Å². The van der Waals surface area contributed by atoms with Crippen molar-refractivity contribution in [3.8, 4) is 11.4 Å². The van der Waals surface area contributed by atoms with Gasteiger partial charge in [-0.2, -0.15) is 0 Å². The van der Waals surface area contributed by atoms with Crippen LogP contribution in [0.2, 0.25) is 0 Å². The molecule has 0 aliphatic carbocycles. The van der Waals surface area contributed by atoms with Crippen molar-refractivity contribution < 1.29 is 9.47 Å². The van der Waals surface area contributed by atoms with Crippen molar-refractivity contribution >= 4 is 11.8 Å². The third-order valence-electron chi connectivity index (χ3n) is 5.52. The summed E-state index contributed by atoms with van der Waals surface area (Å²) < 4.78 is 13.3. The number of hydrogen-bond acceptors (Lipinski definition) is 4. The van der Waals surface area contributed by atoms with E-state index in [9.17, 15) is 0 Å². The molecular weight excluding hydrogens is 368 g/mol. The molecule has 0 radical (unpaired) electrons. The standard InChI is InChI=1S/C23H24N2O2S/c1-26-19-9-6-17(7-10-19)23-21-11-8-18(16-24-12-14-27-15-13-24)25(21)20-4-2-3-5-22(20)28-23/h2-11,23H,12-16H2,1H3/t23-/m1/s1. The minimum Gasteiger partial charge on any atom is -0.497 e. The van der Waals surface area contributed by atoms with Gasteiger partial charge < -0.3 is 14.0 Å². The number of para-hydroxylation sites is 1. The number of morpholine rings is 1. The first-order valence-electron chi connectivity index (χ1n) is 9.74. The van der Waals surface area contributed by atoms with Crippen LogP contribution in [0.4, 0.5) is 0 Å². The average Bonchev–Trinajstić information content (AvgIpc) is 3.18. The Hall–Kier alpha value is -2.21. The molecule has 2 aliphatic rings. The smallest absolute Gasteiger partial charge is 0.118 e. The highest BCUT2D eigenvalue weighted by Gasteiger charge is 2.29. The highest BCUT2D eigenvalue weighted by atomic mass is 32.2. The Balaban J connectivity index is 1.55. The molecule has 0 amide bonds. The van der Waals surface area contributed by atoms with E-state index in [0.717, 1.165) is 38.6 Å². The molecule has 0 bridgehead atoms. The highest BCUT2D eigenvalue weighted by Crippen LogP contribution is 2.48. The number of thioether (sulfide) groups is 1. The van der Waals surface area contributed by atoms with Gasteiger partial charge in [-0.05, 0) is 42.0 Å². The van der Waals surface area contributed by atoms with Crippen molar-refractivity contribution in [2.75, 3.05) is 33.4 Å². The Kier molecular flexibility index (Phi) is 4.89. The molecule has 1 saturated heterocycles. The summed E-state index contributed by atoms with van der Waals surface area (Å²) in [6.45, 7) is 4.61. The number of ether oxygens (including phenoxy) is 2. The van der Waals surface area contributed by atoms with Crippen molar-refractivity contribution in [3.05, 3.63) is 77.6 Å². The van der Waals surface area contributed by atoms with E-state index < -0.39 is 0 Å². The van der Waals surface area contributed by atoms with E-state index in [1.165, 1.54) is 27.5 Å². The molecular formula is C23H24N2O2S. The van der Waals surface area contributed by atoms with Crippen LogP contribution in [-0.2, 0) is 11.3 Å². The normalized spacial score (nSPS) is 19.1. The van der Waals surface area contributed by atoms with Gasteiger partial charge in [0.25, 0.3) is 0 Å². The molecule has 0 N–H and O–H groups in total. The first kappa shape index (κ1) is 17.9. The van der Waals surface area contributed by atoms with Gasteiger partial charge in [0, 0.05) is 35.9 Å². The Morgan fingerprint density at radius 2 is 1.79 bits per heavy atom. The van der Waals surface area contributed by atoms with E-state index in [1.807, 2.05) is 11.8 Å². The molecule has 3 aromatic rings. The van der Waals surface area contributed by atoms with Gasteiger partial charge >= 0.3 is 0 Å². The highest BCUT2D eigenvalue weighted by molar-refractivity contribution is 8.00. The van der Waals surface area contributed by atoms with E-state index in [-0.39, 0.29) is 5.25 Å². The summed E-state index contributed by atoms with van der Waals surface area (Å²) in [5.74, 6) is 0.897. The molecule has 144 valence electrons. The number of benzene rings is 2. The minimum absolute atomic E-state index is 0.277. The second kappa shape index (κ2) is 7.66. The van der Waals surface area contributed by atoms with Crippen LogP contribution in [0.15, 0.2) is 65.6 Å². The molecule has 1 aromatic heterocycles. The van der Waals surface area contributed by atoms with Crippen molar-refractivity contribution in [2.45, 2.75) is 16.7 Å². The zero-order valence-electron chi connectivity index (χ0n) is 16.0. The molecule has 1 fully saturated rings. The molecule has 5 heteroatoms. The zero-order chi connectivity index (χ0) is 18.9. The summed E-state index contributed by atoms with van der Waals surface area (Å²) in [6, 6.07) is 21.8. The van der Waals surface area contributed by atoms with Crippen LogP contribution in [0.3, 0.4) is 0 Å². The summed E-state index contributed by atoms with van der Waals surface area (Å²) in [5.41, 5.74) is 5.29. The van der Waals surface area contributed by atoms with E-state index >= 15 is 0 Å². The first-order valence-corrected chi connectivity index (χ1v) is 10.6. The molecule has 2 aromatic carbocycles. The van der Waals surface area contributed by atoms with Gasteiger partial charge in [-0.3, -0.25) is 4.90 Å². The lowest BCUT2D eigenvalue weighted by Gasteiger charge is -2.31. The van der Waals surface area contributed by atoms with Gasteiger partial charge in [-0.1, -0.05) is 24.3 Å². The third kappa shape index (κ3) is 3.24. The fourth-order valence-corrected chi connectivity index (χ4v) is 5.34. The van der Waals surface area contributed by atoms with E-state index in [4.69, 9.17) is 9.47 Å². The summed E-state index contributed by atoms with van der Waals surface area (Å²) in [7, 11) is 1.71. The van der Waals surface area contributed by atoms with E-state index in [1.54, 1.807) is 7.11 Å². The lowest BCUT2D eigenvalue weighted by Crippen LogP contribution is -2.36. The van der Waals surface area contributed by atoms with Gasteiger partial charge in [-0.15, -0.1) is 11.8 Å². The monoisotopic (exact) mass is 392 g/mol. The van der Waals surface area contributed by atoms with Gasteiger partial charge in [0.1, 0.15) is 5.75 Å². The number of hydrogen-bond donors (Lipinski definition) is 0. The summed E-state index contributed by atoms with van der Waals surface area (Å²) in [6.07, 6.45) is 0. The van der Waals surface area contributed by atoms with Crippen LogP contribution in [-0.4, -0.2) is 42.9 Å². The van der Waals surface area contributed by atoms with Gasteiger partial charge in [0.05, 0.1) is 31.3 Å². The topological polar surface area (TPSA) is 26.6 Å². The second-order valence-corrected chi connectivity index (χ2v) is 8.36. The fraction of sp³-hybridized carbons (Fsp3) is 0.304. The van der Waals surface area contributed by atoms with Crippen molar-refractivity contribution in [1.29, 1.82) is 0 Å². The first-order chi connectivity index (χ1) is 13.8. The Morgan fingerprint density at radius 3 is 2.57 bits per heavy atom. The van der Waals surface area contributed by atoms with Crippen molar-refractivity contribution in [2.24, 2.45) is 0 Å². The van der Waals surface area contributed by atoms with Crippen LogP contribution >= 0.6 is 11.8 Å². The Labute approximate surface area is 170 Å². The Morgan fingerprint density at radius 1 is 1.00 bits per heavy atom. The van der Waals surface area contributed by atoms with Crippen LogP contribution in [0.1, 0.15) is 22.2 Å². The molecule has 0 unspecified atom stereocenters. The van der Waals surface area contributed by atoms with Crippen LogP contribution < -0.4 is 4.74 Å². The largest absolute Gasteiger partial charge is 0.497 e. The molecule has 0 saturated carbocycles. The lowest BCUT2D eigenvalue weighted by atomic mass is 10.1. The number of methoxy groups -OCH3 is 1. The van der Waals surface area contributed by atoms with Crippen LogP contribution in [0.25, 0.3) is 5.69 Å². The number of aromatic nitrogens is 1. The summed E-state index contributed by atoms with van der Waals surface area (Å²) in [4.78, 5) is 3.81. The Bertz CT molecular complexity index is 961. The molecule has 5 rings (SSSR count). The lowest BCUT2D eigenvalue weighted by molar-refractivity contribution is 0.0334. The van der Waals surface area contributed by atoms with Crippen LogP contribution in [0, 0.1) is 0 Å². The van der Waals surface area contributed by atoms with Gasteiger partial charge in [0.2, 0.25) is 0 Å². The maximum Gasteiger partial charge on any atom is 0.118 e. The molecule has 4 nitrogen and oxygen atoms in total.